The summed E-state index contributed by atoms with van der Waals surface area (Å²) in [6.45, 7) is 0.896. The SMILES string of the molecule is CN(C)[C@H](C(=O)Nc1cccc(N2CCOC2=O)c1)c1ccccc1. The molecule has 1 atom stereocenters. The highest BCUT2D eigenvalue weighted by Gasteiger charge is 2.25. The van der Waals surface area contributed by atoms with Gasteiger partial charge in [-0.05, 0) is 37.9 Å². The van der Waals surface area contributed by atoms with Gasteiger partial charge in [-0.1, -0.05) is 36.4 Å². The predicted octanol–water partition coefficient (Wildman–Crippen LogP) is 2.88. The van der Waals surface area contributed by atoms with E-state index in [0.29, 0.717) is 24.5 Å². The van der Waals surface area contributed by atoms with E-state index in [4.69, 9.17) is 4.74 Å². The van der Waals surface area contributed by atoms with Crippen LogP contribution in [0.3, 0.4) is 0 Å². The average molecular weight is 339 g/mol. The minimum Gasteiger partial charge on any atom is -0.447 e. The van der Waals surface area contributed by atoms with Gasteiger partial charge in [-0.3, -0.25) is 14.6 Å². The third-order valence-corrected chi connectivity index (χ3v) is 4.07. The molecule has 130 valence electrons. The van der Waals surface area contributed by atoms with Crippen molar-refractivity contribution < 1.29 is 14.3 Å². The van der Waals surface area contributed by atoms with E-state index >= 15 is 0 Å². The number of hydrogen-bond donors (Lipinski definition) is 1. The molecule has 2 aromatic rings. The summed E-state index contributed by atoms with van der Waals surface area (Å²) in [4.78, 5) is 27.9. The molecule has 0 spiro atoms. The molecule has 0 aliphatic carbocycles. The third kappa shape index (κ3) is 3.80. The summed E-state index contributed by atoms with van der Waals surface area (Å²) in [6, 6.07) is 16.4. The second-order valence-electron chi connectivity index (χ2n) is 6.08. The molecule has 2 aromatic carbocycles. The van der Waals surface area contributed by atoms with Crippen molar-refractivity contribution in [2.75, 3.05) is 37.5 Å². The van der Waals surface area contributed by atoms with Gasteiger partial charge >= 0.3 is 6.09 Å². The van der Waals surface area contributed by atoms with Gasteiger partial charge in [0, 0.05) is 11.4 Å². The van der Waals surface area contributed by atoms with Crippen LogP contribution in [-0.4, -0.2) is 44.1 Å². The Morgan fingerprint density at radius 1 is 1.16 bits per heavy atom. The lowest BCUT2D eigenvalue weighted by molar-refractivity contribution is -0.120. The first-order valence-corrected chi connectivity index (χ1v) is 8.13. The Kier molecular flexibility index (Phi) is 5.00. The summed E-state index contributed by atoms with van der Waals surface area (Å²) in [6.07, 6.45) is -0.362. The average Bonchev–Trinajstić information content (AvgIpc) is 3.02. The molecule has 1 saturated heterocycles. The van der Waals surface area contributed by atoms with Crippen molar-refractivity contribution in [1.82, 2.24) is 4.90 Å². The number of benzene rings is 2. The Morgan fingerprint density at radius 3 is 2.56 bits per heavy atom. The number of amides is 2. The number of nitrogens with one attached hydrogen (secondary N) is 1. The van der Waals surface area contributed by atoms with Crippen LogP contribution in [0.4, 0.5) is 16.2 Å². The van der Waals surface area contributed by atoms with Gasteiger partial charge in [0.2, 0.25) is 5.91 Å². The number of ether oxygens (including phenoxy) is 1. The molecule has 0 aromatic heterocycles. The summed E-state index contributed by atoms with van der Waals surface area (Å²) >= 11 is 0. The van der Waals surface area contributed by atoms with Crippen molar-refractivity contribution in [3.63, 3.8) is 0 Å². The minimum atomic E-state index is -0.401. The topological polar surface area (TPSA) is 61.9 Å². The number of cyclic esters (lactones) is 1. The van der Waals surface area contributed by atoms with E-state index in [1.807, 2.05) is 61.5 Å². The predicted molar refractivity (Wildman–Crippen MR) is 96.6 cm³/mol. The van der Waals surface area contributed by atoms with Crippen LogP contribution in [0.25, 0.3) is 0 Å². The standard InChI is InChI=1S/C19H21N3O3/c1-21(2)17(14-7-4-3-5-8-14)18(23)20-15-9-6-10-16(13-15)22-11-12-25-19(22)24/h3-10,13,17H,11-12H2,1-2H3,(H,20,23)/t17-/m0/s1. The number of likely N-dealkylation sites (N-methyl/N-ethyl adjacent to an activating group) is 1. The van der Waals surface area contributed by atoms with Gasteiger partial charge in [-0.25, -0.2) is 4.79 Å². The Labute approximate surface area is 147 Å². The monoisotopic (exact) mass is 339 g/mol. The highest BCUT2D eigenvalue weighted by molar-refractivity contribution is 5.97. The van der Waals surface area contributed by atoms with Gasteiger partial charge in [-0.15, -0.1) is 0 Å². The van der Waals surface area contributed by atoms with Crippen LogP contribution >= 0.6 is 0 Å². The van der Waals surface area contributed by atoms with E-state index in [0.717, 1.165) is 5.56 Å². The van der Waals surface area contributed by atoms with Crippen LogP contribution < -0.4 is 10.2 Å². The van der Waals surface area contributed by atoms with E-state index < -0.39 is 6.04 Å². The zero-order valence-electron chi connectivity index (χ0n) is 14.3. The molecular weight excluding hydrogens is 318 g/mol. The summed E-state index contributed by atoms with van der Waals surface area (Å²) < 4.78 is 4.96. The fourth-order valence-corrected chi connectivity index (χ4v) is 2.91. The molecule has 2 amide bonds. The smallest absolute Gasteiger partial charge is 0.414 e. The zero-order valence-corrected chi connectivity index (χ0v) is 14.3. The molecule has 6 heteroatoms. The number of carbonyl (C=O) groups excluding carboxylic acids is 2. The first-order valence-electron chi connectivity index (χ1n) is 8.13. The van der Waals surface area contributed by atoms with Gasteiger partial charge in [0.1, 0.15) is 12.6 Å². The Bertz CT molecular complexity index is 762. The van der Waals surface area contributed by atoms with Crippen molar-refractivity contribution in [3.05, 3.63) is 60.2 Å². The Hall–Kier alpha value is -2.86. The quantitative estimate of drug-likeness (QED) is 0.910. The van der Waals surface area contributed by atoms with Gasteiger partial charge in [0.25, 0.3) is 0 Å². The molecule has 1 N–H and O–H groups in total. The fraction of sp³-hybridized carbons (Fsp3) is 0.263. The van der Waals surface area contributed by atoms with Crippen molar-refractivity contribution >= 4 is 23.4 Å². The van der Waals surface area contributed by atoms with Crippen molar-refractivity contribution in [1.29, 1.82) is 0 Å². The van der Waals surface area contributed by atoms with Gasteiger partial charge in [0.05, 0.1) is 6.54 Å². The van der Waals surface area contributed by atoms with Gasteiger partial charge in [-0.2, -0.15) is 0 Å². The van der Waals surface area contributed by atoms with E-state index in [-0.39, 0.29) is 12.0 Å². The van der Waals surface area contributed by atoms with Crippen LogP contribution in [0, 0.1) is 0 Å². The third-order valence-electron chi connectivity index (χ3n) is 4.07. The fourth-order valence-electron chi connectivity index (χ4n) is 2.91. The minimum absolute atomic E-state index is 0.127. The van der Waals surface area contributed by atoms with Crippen LogP contribution in [0.2, 0.25) is 0 Å². The summed E-state index contributed by atoms with van der Waals surface area (Å²) in [5, 5.41) is 2.94. The maximum atomic E-state index is 12.8. The number of rotatable bonds is 5. The zero-order chi connectivity index (χ0) is 17.8. The molecule has 1 aliphatic rings. The molecule has 1 aliphatic heterocycles. The Balaban J connectivity index is 1.79. The first-order chi connectivity index (χ1) is 12.1. The molecule has 1 fully saturated rings. The second-order valence-corrected chi connectivity index (χ2v) is 6.08. The maximum Gasteiger partial charge on any atom is 0.414 e. The van der Waals surface area contributed by atoms with Gasteiger partial charge < -0.3 is 10.1 Å². The van der Waals surface area contributed by atoms with E-state index in [2.05, 4.69) is 5.32 Å². The van der Waals surface area contributed by atoms with Crippen LogP contribution in [0.5, 0.6) is 0 Å². The molecule has 1 heterocycles. The lowest BCUT2D eigenvalue weighted by Crippen LogP contribution is -2.32. The van der Waals surface area contributed by atoms with Crippen LogP contribution in [-0.2, 0) is 9.53 Å². The number of anilines is 2. The first kappa shape index (κ1) is 17.0. The maximum absolute atomic E-state index is 12.8. The van der Waals surface area contributed by atoms with Crippen molar-refractivity contribution in [2.45, 2.75) is 6.04 Å². The molecular formula is C19H21N3O3. The number of nitrogens with zero attached hydrogens (tertiary/aromatic N) is 2. The molecule has 0 saturated carbocycles. The van der Waals surface area contributed by atoms with Crippen molar-refractivity contribution in [2.24, 2.45) is 0 Å². The summed E-state index contributed by atoms with van der Waals surface area (Å²) in [5.41, 5.74) is 2.27. The molecule has 0 unspecified atom stereocenters. The molecule has 25 heavy (non-hydrogen) atoms. The summed E-state index contributed by atoms with van der Waals surface area (Å²) in [7, 11) is 3.74. The van der Waals surface area contributed by atoms with Crippen molar-refractivity contribution in [3.8, 4) is 0 Å². The van der Waals surface area contributed by atoms with E-state index in [9.17, 15) is 9.59 Å². The molecule has 6 nitrogen and oxygen atoms in total. The van der Waals surface area contributed by atoms with Gasteiger partial charge in [0.15, 0.2) is 0 Å². The molecule has 0 radical (unpaired) electrons. The van der Waals surface area contributed by atoms with E-state index in [1.54, 1.807) is 17.0 Å². The normalized spacial score (nSPS) is 15.2. The van der Waals surface area contributed by atoms with E-state index in [1.165, 1.54) is 0 Å². The lowest BCUT2D eigenvalue weighted by Gasteiger charge is -2.24. The largest absolute Gasteiger partial charge is 0.447 e. The number of carbonyl (C=O) groups is 2. The highest BCUT2D eigenvalue weighted by atomic mass is 16.6. The highest BCUT2D eigenvalue weighted by Crippen LogP contribution is 2.24. The lowest BCUT2D eigenvalue weighted by atomic mass is 10.1. The summed E-state index contributed by atoms with van der Waals surface area (Å²) in [5.74, 6) is -0.127. The van der Waals surface area contributed by atoms with Crippen LogP contribution in [0.15, 0.2) is 54.6 Å². The molecule has 3 rings (SSSR count). The Morgan fingerprint density at radius 2 is 1.92 bits per heavy atom. The van der Waals surface area contributed by atoms with Crippen LogP contribution in [0.1, 0.15) is 11.6 Å². The number of hydrogen-bond acceptors (Lipinski definition) is 4. The second kappa shape index (κ2) is 7.36. The molecule has 0 bridgehead atoms.